The minimum Gasteiger partial charge on any atom is -0.443 e. The lowest BCUT2D eigenvalue weighted by Crippen LogP contribution is -2.39. The van der Waals surface area contributed by atoms with Crippen molar-refractivity contribution in [1.29, 1.82) is 5.41 Å². The van der Waals surface area contributed by atoms with Gasteiger partial charge in [0.05, 0.1) is 0 Å². The first-order valence-corrected chi connectivity index (χ1v) is 5.73. The second-order valence-electron chi connectivity index (χ2n) is 5.01. The first kappa shape index (κ1) is 13.5. The van der Waals surface area contributed by atoms with E-state index in [0.717, 1.165) is 12.1 Å². The molecular weight excluding hydrogens is 216 g/mol. The Morgan fingerprint density at radius 2 is 2.06 bits per heavy atom. The molecule has 17 heavy (non-hydrogen) atoms. The third-order valence-electron chi connectivity index (χ3n) is 2.18. The Bertz CT molecular complexity index is 375. The van der Waals surface area contributed by atoms with Gasteiger partial charge >= 0.3 is 6.09 Å². The fourth-order valence-electron chi connectivity index (χ4n) is 1.55. The third-order valence-corrected chi connectivity index (χ3v) is 2.18. The number of hydrogen-bond acceptors (Lipinski definition) is 3. The molecule has 0 unspecified atom stereocenters. The molecule has 0 aromatic heterocycles. The van der Waals surface area contributed by atoms with Crippen LogP contribution in [0.5, 0.6) is 0 Å². The number of carbonyl (C=O) groups excluding carboxylic acids is 1. The second kappa shape index (κ2) is 5.17. The Labute approximate surface area is 102 Å². The minimum absolute atomic E-state index is 0.181. The van der Waals surface area contributed by atoms with Gasteiger partial charge < -0.3 is 4.74 Å². The van der Waals surface area contributed by atoms with E-state index in [2.05, 4.69) is 0 Å². The minimum atomic E-state index is -0.546. The SMILES string of the molecule is CC(=N)N(C(=O)OC(C)(C)C)C1=CCC=CC1. The summed E-state index contributed by atoms with van der Waals surface area (Å²) < 4.78 is 5.30. The Hall–Kier alpha value is -1.58. The second-order valence-corrected chi connectivity index (χ2v) is 5.01. The highest BCUT2D eigenvalue weighted by Gasteiger charge is 2.26. The molecule has 0 radical (unpaired) electrons. The zero-order valence-corrected chi connectivity index (χ0v) is 10.9. The van der Waals surface area contributed by atoms with Gasteiger partial charge in [0.15, 0.2) is 0 Å². The number of allylic oxidation sites excluding steroid dienone is 3. The maximum absolute atomic E-state index is 12.0. The predicted octanol–water partition coefficient (Wildman–Crippen LogP) is 3.45. The molecule has 1 aliphatic carbocycles. The van der Waals surface area contributed by atoms with Crippen molar-refractivity contribution in [3.63, 3.8) is 0 Å². The molecule has 0 heterocycles. The van der Waals surface area contributed by atoms with Gasteiger partial charge in [0.2, 0.25) is 0 Å². The Kier molecular flexibility index (Phi) is 4.10. The largest absolute Gasteiger partial charge is 0.443 e. The molecule has 1 N–H and O–H groups in total. The molecule has 0 fully saturated rings. The lowest BCUT2D eigenvalue weighted by atomic mass is 10.1. The summed E-state index contributed by atoms with van der Waals surface area (Å²) in [5.41, 5.74) is 0.268. The number of hydrogen-bond donors (Lipinski definition) is 1. The zero-order valence-electron chi connectivity index (χ0n) is 10.9. The van der Waals surface area contributed by atoms with E-state index in [-0.39, 0.29) is 5.84 Å². The maximum atomic E-state index is 12.0. The van der Waals surface area contributed by atoms with Crippen LogP contribution < -0.4 is 0 Å². The molecule has 0 spiro atoms. The van der Waals surface area contributed by atoms with E-state index in [9.17, 15) is 4.79 Å². The predicted molar refractivity (Wildman–Crippen MR) is 67.9 cm³/mol. The van der Waals surface area contributed by atoms with E-state index < -0.39 is 11.7 Å². The monoisotopic (exact) mass is 236 g/mol. The van der Waals surface area contributed by atoms with Gasteiger partial charge in [-0.05, 0) is 34.1 Å². The van der Waals surface area contributed by atoms with Crippen LogP contribution in [0.3, 0.4) is 0 Å². The number of ether oxygens (including phenoxy) is 1. The fourth-order valence-corrected chi connectivity index (χ4v) is 1.55. The van der Waals surface area contributed by atoms with Crippen LogP contribution in [0.1, 0.15) is 40.5 Å². The first-order valence-electron chi connectivity index (χ1n) is 5.73. The van der Waals surface area contributed by atoms with Crippen molar-refractivity contribution >= 4 is 11.9 Å². The molecule has 0 saturated carbocycles. The number of nitrogens with zero attached hydrogens (tertiary/aromatic N) is 1. The Balaban J connectivity index is 2.83. The number of amidine groups is 1. The topological polar surface area (TPSA) is 53.4 Å². The summed E-state index contributed by atoms with van der Waals surface area (Å²) in [4.78, 5) is 13.3. The zero-order chi connectivity index (χ0) is 13.1. The van der Waals surface area contributed by atoms with Gasteiger partial charge in [-0.25, -0.2) is 9.69 Å². The highest BCUT2D eigenvalue weighted by atomic mass is 16.6. The van der Waals surface area contributed by atoms with Crippen molar-refractivity contribution in [2.24, 2.45) is 0 Å². The quantitative estimate of drug-likeness (QED) is 0.430. The fraction of sp³-hybridized carbons (Fsp3) is 0.538. The molecule has 0 aliphatic heterocycles. The van der Waals surface area contributed by atoms with E-state index >= 15 is 0 Å². The molecule has 4 nitrogen and oxygen atoms in total. The summed E-state index contributed by atoms with van der Waals surface area (Å²) in [7, 11) is 0. The van der Waals surface area contributed by atoms with E-state index in [1.165, 1.54) is 4.90 Å². The van der Waals surface area contributed by atoms with Gasteiger partial charge in [0, 0.05) is 12.1 Å². The van der Waals surface area contributed by atoms with Crippen molar-refractivity contribution in [3.8, 4) is 0 Å². The van der Waals surface area contributed by atoms with E-state index in [4.69, 9.17) is 10.1 Å². The van der Waals surface area contributed by atoms with Crippen LogP contribution >= 0.6 is 0 Å². The molecule has 1 aliphatic rings. The van der Waals surface area contributed by atoms with E-state index in [1.54, 1.807) is 6.92 Å². The van der Waals surface area contributed by atoms with Crippen LogP contribution in [-0.2, 0) is 4.74 Å². The summed E-state index contributed by atoms with van der Waals surface area (Å²) in [6.07, 6.45) is 6.96. The summed E-state index contributed by atoms with van der Waals surface area (Å²) in [6, 6.07) is 0. The van der Waals surface area contributed by atoms with Crippen LogP contribution in [0.4, 0.5) is 4.79 Å². The van der Waals surface area contributed by atoms with Gasteiger partial charge in [0.25, 0.3) is 0 Å². The summed E-state index contributed by atoms with van der Waals surface area (Å²) in [6.45, 7) is 7.04. The highest BCUT2D eigenvalue weighted by Crippen LogP contribution is 2.19. The standard InChI is InChI=1S/C13H20N2O2/c1-10(14)15(11-8-6-5-7-9-11)12(16)17-13(2,3)4/h5-6,9,14H,7-8H2,1-4H3. The maximum Gasteiger partial charge on any atom is 0.420 e. The number of carbonyl (C=O) groups is 1. The van der Waals surface area contributed by atoms with Crippen LogP contribution in [0, 0.1) is 5.41 Å². The number of nitrogens with one attached hydrogen (secondary N) is 1. The normalized spacial score (nSPS) is 15.2. The molecule has 0 saturated heterocycles. The lowest BCUT2D eigenvalue weighted by molar-refractivity contribution is 0.0407. The molecule has 0 aromatic carbocycles. The highest BCUT2D eigenvalue weighted by molar-refractivity contribution is 5.94. The average molecular weight is 236 g/mol. The van der Waals surface area contributed by atoms with Gasteiger partial charge in [-0.3, -0.25) is 5.41 Å². The Morgan fingerprint density at radius 3 is 2.47 bits per heavy atom. The first-order chi connectivity index (χ1) is 7.81. The van der Waals surface area contributed by atoms with Crippen molar-refractivity contribution < 1.29 is 9.53 Å². The molecule has 1 amide bonds. The number of amides is 1. The smallest absolute Gasteiger partial charge is 0.420 e. The van der Waals surface area contributed by atoms with Crippen molar-refractivity contribution in [3.05, 3.63) is 23.9 Å². The molecule has 94 valence electrons. The van der Waals surface area contributed by atoms with Crippen LogP contribution in [0.15, 0.2) is 23.9 Å². The van der Waals surface area contributed by atoms with Crippen molar-refractivity contribution in [2.45, 2.75) is 46.1 Å². The van der Waals surface area contributed by atoms with Gasteiger partial charge in [0.1, 0.15) is 11.4 Å². The summed E-state index contributed by atoms with van der Waals surface area (Å²) >= 11 is 0. The van der Waals surface area contributed by atoms with Crippen LogP contribution in [0.2, 0.25) is 0 Å². The molecule has 0 atom stereocenters. The molecule has 0 bridgehead atoms. The third kappa shape index (κ3) is 4.06. The van der Waals surface area contributed by atoms with Crippen molar-refractivity contribution in [2.75, 3.05) is 0 Å². The summed E-state index contributed by atoms with van der Waals surface area (Å²) in [5, 5.41) is 7.69. The summed E-state index contributed by atoms with van der Waals surface area (Å²) in [5.74, 6) is 0.181. The van der Waals surface area contributed by atoms with Crippen molar-refractivity contribution in [1.82, 2.24) is 4.90 Å². The Morgan fingerprint density at radius 1 is 1.41 bits per heavy atom. The average Bonchev–Trinajstić information content (AvgIpc) is 2.15. The van der Waals surface area contributed by atoms with Gasteiger partial charge in [-0.1, -0.05) is 18.2 Å². The lowest BCUT2D eigenvalue weighted by Gasteiger charge is -2.28. The van der Waals surface area contributed by atoms with Crippen LogP contribution in [0.25, 0.3) is 0 Å². The number of rotatable bonds is 1. The molecule has 1 rings (SSSR count). The van der Waals surface area contributed by atoms with Crippen LogP contribution in [-0.4, -0.2) is 22.4 Å². The van der Waals surface area contributed by atoms with Gasteiger partial charge in [-0.15, -0.1) is 0 Å². The van der Waals surface area contributed by atoms with E-state index in [1.807, 2.05) is 39.0 Å². The van der Waals surface area contributed by atoms with E-state index in [0.29, 0.717) is 6.42 Å². The molecular formula is C13H20N2O2. The van der Waals surface area contributed by atoms with Gasteiger partial charge in [-0.2, -0.15) is 0 Å². The molecule has 4 heteroatoms. The molecule has 0 aromatic rings.